The molecule has 0 spiro atoms. The summed E-state index contributed by atoms with van der Waals surface area (Å²) in [4.78, 5) is 0. The predicted molar refractivity (Wildman–Crippen MR) is 109 cm³/mol. The summed E-state index contributed by atoms with van der Waals surface area (Å²) in [6.45, 7) is 0. The molecule has 0 fully saturated rings. The Hall–Kier alpha value is -1.95. The smallest absolute Gasteiger partial charge is 0.200 e. The number of alkyl halides is 34. The van der Waals surface area contributed by atoms with Crippen LogP contribution < -0.4 is 0 Å². The monoisotopic (exact) mass is 926 g/mol. The van der Waals surface area contributed by atoms with E-state index in [1.54, 1.807) is 0 Å². The van der Waals surface area contributed by atoms with Gasteiger partial charge >= 0.3 is 95.3 Å². The standard InChI is InChI=1S/C20H9F34P/c21-5(22,7(25,26)9(29,30)11(33,34)13(37,38)15(41,42)17(45,46)19(49,50)51)1-3-55-4-2-6(23,24)8(27,28)10(31,32)12(35,36)14(39,40)16(43,44)18(47,48)20(52,53)54/h55H,1-4H2. The van der Waals surface area contributed by atoms with Gasteiger partial charge in [0.25, 0.3) is 0 Å². The highest BCUT2D eigenvalue weighted by Gasteiger charge is 2.96. The van der Waals surface area contributed by atoms with Crippen molar-refractivity contribution >= 4 is 8.58 Å². The van der Waals surface area contributed by atoms with Crippen LogP contribution in [0.15, 0.2) is 0 Å². The largest absolute Gasteiger partial charge is 0.460 e. The Morgan fingerprint density at radius 2 is 0.345 bits per heavy atom. The van der Waals surface area contributed by atoms with Gasteiger partial charge < -0.3 is 0 Å². The molecule has 332 valence electrons. The lowest BCUT2D eigenvalue weighted by atomic mass is 9.88. The van der Waals surface area contributed by atoms with Crippen LogP contribution in [0.3, 0.4) is 0 Å². The molecule has 0 atom stereocenters. The van der Waals surface area contributed by atoms with Gasteiger partial charge in [0.1, 0.15) is 0 Å². The van der Waals surface area contributed by atoms with Crippen LogP contribution in [0.1, 0.15) is 12.8 Å². The maximum Gasteiger partial charge on any atom is 0.460 e. The molecule has 55 heavy (non-hydrogen) atoms. The van der Waals surface area contributed by atoms with Crippen LogP contribution in [-0.2, 0) is 0 Å². The van der Waals surface area contributed by atoms with Gasteiger partial charge in [0.2, 0.25) is 0 Å². The van der Waals surface area contributed by atoms with Gasteiger partial charge in [-0.05, 0) is 12.3 Å². The average Bonchev–Trinajstić information content (AvgIpc) is 2.94. The van der Waals surface area contributed by atoms with Crippen LogP contribution in [-0.4, -0.2) is 108 Å². The molecule has 35 heteroatoms. The third kappa shape index (κ3) is 7.26. The zero-order valence-electron chi connectivity index (χ0n) is 24.2. The Kier molecular flexibility index (Phi) is 13.3. The second-order valence-electron chi connectivity index (χ2n) is 10.5. The van der Waals surface area contributed by atoms with Gasteiger partial charge in [-0.1, -0.05) is 0 Å². The van der Waals surface area contributed by atoms with Crippen LogP contribution in [0.25, 0.3) is 0 Å². The Morgan fingerprint density at radius 1 is 0.200 bits per heavy atom. The molecule has 0 aromatic rings. The van der Waals surface area contributed by atoms with Crippen molar-refractivity contribution in [2.45, 2.75) is 108 Å². The van der Waals surface area contributed by atoms with Gasteiger partial charge in [-0.2, -0.15) is 149 Å². The molecule has 0 aliphatic carbocycles. The minimum atomic E-state index is -9.06. The Bertz CT molecular complexity index is 1230. The van der Waals surface area contributed by atoms with Crippen LogP contribution in [0.5, 0.6) is 0 Å². The molecule has 0 amide bonds. The third-order valence-corrected chi connectivity index (χ3v) is 8.01. The first-order valence-electron chi connectivity index (χ1n) is 12.3. The molecule has 0 heterocycles. The molecule has 0 unspecified atom stereocenters. The molecule has 0 saturated heterocycles. The highest BCUT2D eigenvalue weighted by atomic mass is 31.1. The van der Waals surface area contributed by atoms with Gasteiger partial charge in [-0.25, -0.2) is 0 Å². The normalized spacial score (nSPS) is 16.9. The van der Waals surface area contributed by atoms with E-state index in [2.05, 4.69) is 0 Å². The van der Waals surface area contributed by atoms with Crippen LogP contribution in [0, 0.1) is 0 Å². The first-order chi connectivity index (χ1) is 23.2. The lowest BCUT2D eigenvalue weighted by molar-refractivity contribution is -0.461. The maximum absolute atomic E-state index is 13.8. The summed E-state index contributed by atoms with van der Waals surface area (Å²) < 4.78 is 449. The second kappa shape index (κ2) is 13.8. The fourth-order valence-corrected chi connectivity index (χ4v) is 4.55. The summed E-state index contributed by atoms with van der Waals surface area (Å²) in [6, 6.07) is 0. The highest BCUT2D eigenvalue weighted by molar-refractivity contribution is 7.37. The second-order valence-corrected chi connectivity index (χ2v) is 12.0. The maximum atomic E-state index is 13.8. The van der Waals surface area contributed by atoms with Crippen LogP contribution >= 0.6 is 8.58 Å². The van der Waals surface area contributed by atoms with E-state index in [-0.39, 0.29) is 0 Å². The molecule has 0 rings (SSSR count). The number of hydrogen-bond acceptors (Lipinski definition) is 0. The van der Waals surface area contributed by atoms with E-state index < -0.39 is 129 Å². The van der Waals surface area contributed by atoms with Crippen molar-refractivity contribution in [3.05, 3.63) is 0 Å². The van der Waals surface area contributed by atoms with Crippen LogP contribution in [0.2, 0.25) is 0 Å². The molecular formula is C20H9F34P. The zero-order valence-corrected chi connectivity index (χ0v) is 25.2. The van der Waals surface area contributed by atoms with Gasteiger partial charge in [0, 0.05) is 12.8 Å². The average molecular weight is 926 g/mol. The van der Waals surface area contributed by atoms with Crippen LogP contribution in [0.4, 0.5) is 149 Å². The van der Waals surface area contributed by atoms with Crippen molar-refractivity contribution in [1.29, 1.82) is 0 Å². The van der Waals surface area contributed by atoms with Gasteiger partial charge in [-0.15, -0.1) is 8.58 Å². The van der Waals surface area contributed by atoms with Crippen molar-refractivity contribution in [3.63, 3.8) is 0 Å². The van der Waals surface area contributed by atoms with Gasteiger partial charge in [-0.3, -0.25) is 0 Å². The summed E-state index contributed by atoms with van der Waals surface area (Å²) >= 11 is 0. The minimum absolute atomic E-state index is 2.41. The molecular weight excluding hydrogens is 917 g/mol. The van der Waals surface area contributed by atoms with E-state index in [0.29, 0.717) is 0 Å². The number of rotatable bonds is 18. The topological polar surface area (TPSA) is 0 Å². The fraction of sp³-hybridized carbons (Fsp3) is 1.00. The lowest BCUT2D eigenvalue weighted by Crippen LogP contribution is -2.74. The Labute approximate surface area is 279 Å². The van der Waals surface area contributed by atoms with Crippen molar-refractivity contribution in [2.24, 2.45) is 0 Å². The molecule has 0 radical (unpaired) electrons. The van der Waals surface area contributed by atoms with E-state index in [9.17, 15) is 149 Å². The SMILES string of the molecule is FC(F)(F)C(F)(F)C(F)(F)C(F)(F)C(F)(F)C(F)(F)C(F)(F)C(F)(F)CCPCCC(F)(F)C(F)(F)C(F)(F)C(F)(F)C(F)(F)C(F)(F)C(F)(F)C(F)(F)F. The Morgan fingerprint density at radius 3 is 0.509 bits per heavy atom. The van der Waals surface area contributed by atoms with Crippen molar-refractivity contribution < 1.29 is 149 Å². The molecule has 0 aliphatic heterocycles. The quantitative estimate of drug-likeness (QED) is 0.0730. The van der Waals surface area contributed by atoms with Crippen molar-refractivity contribution in [3.8, 4) is 0 Å². The summed E-state index contributed by atoms with van der Waals surface area (Å²) in [5.74, 6) is -120. The molecule has 0 nitrogen and oxygen atoms in total. The minimum Gasteiger partial charge on any atom is -0.200 e. The fourth-order valence-electron chi connectivity index (χ4n) is 3.32. The lowest BCUT2D eigenvalue weighted by Gasteiger charge is -2.43. The van der Waals surface area contributed by atoms with E-state index in [1.165, 1.54) is 0 Å². The highest BCUT2D eigenvalue weighted by Crippen LogP contribution is 2.66. The molecule has 0 N–H and O–H groups in total. The van der Waals surface area contributed by atoms with E-state index >= 15 is 0 Å². The molecule has 0 aliphatic rings. The first-order valence-corrected chi connectivity index (χ1v) is 13.8. The molecule has 0 bridgehead atoms. The number of halogens is 34. The van der Waals surface area contributed by atoms with Crippen molar-refractivity contribution in [2.75, 3.05) is 12.3 Å². The molecule has 0 saturated carbocycles. The summed E-state index contributed by atoms with van der Waals surface area (Å²) in [5, 5.41) is 0. The first kappa shape index (κ1) is 53.0. The molecule has 0 aromatic carbocycles. The molecule has 0 aromatic heterocycles. The van der Waals surface area contributed by atoms with E-state index in [0.717, 1.165) is 0 Å². The summed E-state index contributed by atoms with van der Waals surface area (Å²) in [5.41, 5.74) is 0. The Balaban J connectivity index is 6.33. The zero-order chi connectivity index (χ0) is 45.5. The number of hydrogen-bond donors (Lipinski definition) is 0. The summed E-state index contributed by atoms with van der Waals surface area (Å²) in [7, 11) is -2.47. The summed E-state index contributed by atoms with van der Waals surface area (Å²) in [6.07, 6.45) is -27.8. The van der Waals surface area contributed by atoms with E-state index in [1.807, 2.05) is 0 Å². The van der Waals surface area contributed by atoms with Crippen molar-refractivity contribution in [1.82, 2.24) is 0 Å². The van der Waals surface area contributed by atoms with E-state index in [4.69, 9.17) is 0 Å². The van der Waals surface area contributed by atoms with Gasteiger partial charge in [0.15, 0.2) is 0 Å². The third-order valence-electron chi connectivity index (χ3n) is 6.81. The predicted octanol–water partition coefficient (Wildman–Crippen LogP) is 12.5. The van der Waals surface area contributed by atoms with Gasteiger partial charge in [0.05, 0.1) is 0 Å².